The molecule has 94 valence electrons. The summed E-state index contributed by atoms with van der Waals surface area (Å²) >= 11 is 0. The lowest BCUT2D eigenvalue weighted by Crippen LogP contribution is -2.29. The van der Waals surface area contributed by atoms with E-state index in [1.165, 1.54) is 12.7 Å². The van der Waals surface area contributed by atoms with E-state index in [-0.39, 0.29) is 5.97 Å². The highest BCUT2D eigenvalue weighted by molar-refractivity contribution is 5.72. The van der Waals surface area contributed by atoms with Crippen LogP contribution in [0.25, 0.3) is 0 Å². The number of aliphatic hydroxyl groups is 1. The normalized spacial score (nSPS) is 14.1. The second kappa shape index (κ2) is 7.07. The first kappa shape index (κ1) is 13.7. The lowest BCUT2D eigenvalue weighted by atomic mass is 9.94. The molecule has 0 heterocycles. The smallest absolute Gasteiger partial charge is 0.311 e. The van der Waals surface area contributed by atoms with Crippen molar-refractivity contribution in [3.63, 3.8) is 0 Å². The molecule has 1 aromatic rings. The van der Waals surface area contributed by atoms with E-state index in [0.29, 0.717) is 12.8 Å². The highest BCUT2D eigenvalue weighted by Gasteiger charge is 2.25. The summed E-state index contributed by atoms with van der Waals surface area (Å²) < 4.78 is 4.68. The molecule has 0 amide bonds. The van der Waals surface area contributed by atoms with Crippen LogP contribution >= 0.6 is 0 Å². The molecule has 0 radical (unpaired) electrons. The van der Waals surface area contributed by atoms with Gasteiger partial charge in [0.15, 0.2) is 0 Å². The molecule has 3 heteroatoms. The number of rotatable bonds is 6. The van der Waals surface area contributed by atoms with E-state index in [1.807, 2.05) is 37.3 Å². The van der Waals surface area contributed by atoms with Crippen LogP contribution in [0, 0.1) is 5.92 Å². The summed E-state index contributed by atoms with van der Waals surface area (Å²) in [6.45, 7) is 1.88. The molecular formula is C14H20O3. The van der Waals surface area contributed by atoms with Crippen molar-refractivity contribution in [2.24, 2.45) is 5.92 Å². The van der Waals surface area contributed by atoms with Gasteiger partial charge in [0.1, 0.15) is 0 Å². The largest absolute Gasteiger partial charge is 0.469 e. The molecule has 17 heavy (non-hydrogen) atoms. The third kappa shape index (κ3) is 4.19. The van der Waals surface area contributed by atoms with Gasteiger partial charge in [-0.05, 0) is 24.8 Å². The molecule has 2 unspecified atom stereocenters. The summed E-state index contributed by atoms with van der Waals surface area (Å²) in [6, 6.07) is 9.94. The van der Waals surface area contributed by atoms with Crippen molar-refractivity contribution in [1.29, 1.82) is 0 Å². The summed E-state index contributed by atoms with van der Waals surface area (Å²) in [5, 5.41) is 9.97. The number of ether oxygens (including phenoxy) is 1. The van der Waals surface area contributed by atoms with Crippen LogP contribution in [0.3, 0.4) is 0 Å². The zero-order valence-electron chi connectivity index (χ0n) is 10.4. The van der Waals surface area contributed by atoms with Crippen LogP contribution in [-0.2, 0) is 16.0 Å². The third-order valence-electron chi connectivity index (χ3n) is 2.98. The number of aliphatic hydroxyl groups excluding tert-OH is 1. The molecule has 1 rings (SSSR count). The molecular weight excluding hydrogens is 216 g/mol. The summed E-state index contributed by atoms with van der Waals surface area (Å²) in [5.74, 6) is -0.739. The molecule has 0 spiro atoms. The van der Waals surface area contributed by atoms with Crippen LogP contribution in [0.1, 0.15) is 25.3 Å². The van der Waals surface area contributed by atoms with E-state index >= 15 is 0 Å². The Morgan fingerprint density at radius 2 is 2.00 bits per heavy atom. The number of hydrogen-bond donors (Lipinski definition) is 1. The van der Waals surface area contributed by atoms with Crippen LogP contribution in [0.4, 0.5) is 0 Å². The van der Waals surface area contributed by atoms with Gasteiger partial charge in [-0.3, -0.25) is 4.79 Å². The first-order valence-corrected chi connectivity index (χ1v) is 5.98. The monoisotopic (exact) mass is 236 g/mol. The van der Waals surface area contributed by atoms with E-state index in [9.17, 15) is 9.90 Å². The van der Waals surface area contributed by atoms with Crippen molar-refractivity contribution >= 4 is 5.97 Å². The highest BCUT2D eigenvalue weighted by atomic mass is 16.5. The standard InChI is InChI=1S/C14H20O3/c1-3-12(14(16)17-2)13(15)10-9-11-7-5-4-6-8-11/h4-8,12-13,15H,3,9-10H2,1-2H3. The maximum Gasteiger partial charge on any atom is 0.311 e. The molecule has 1 aromatic carbocycles. The first-order chi connectivity index (χ1) is 8.19. The lowest BCUT2D eigenvalue weighted by Gasteiger charge is -2.19. The second-order valence-electron chi connectivity index (χ2n) is 4.13. The molecule has 0 aliphatic carbocycles. The third-order valence-corrected chi connectivity index (χ3v) is 2.98. The van der Waals surface area contributed by atoms with Crippen molar-refractivity contribution in [3.8, 4) is 0 Å². The molecule has 0 aliphatic heterocycles. The van der Waals surface area contributed by atoms with Gasteiger partial charge in [-0.2, -0.15) is 0 Å². The molecule has 0 aliphatic rings. The van der Waals surface area contributed by atoms with Crippen LogP contribution in [-0.4, -0.2) is 24.3 Å². The number of carbonyl (C=O) groups excluding carboxylic acids is 1. The molecule has 2 atom stereocenters. The number of aryl methyl sites for hydroxylation is 1. The number of esters is 1. The minimum absolute atomic E-state index is 0.326. The quantitative estimate of drug-likeness (QED) is 0.770. The molecule has 0 aromatic heterocycles. The summed E-state index contributed by atoms with van der Waals surface area (Å²) in [4.78, 5) is 11.4. The zero-order chi connectivity index (χ0) is 12.7. The fourth-order valence-electron chi connectivity index (χ4n) is 1.91. The average molecular weight is 236 g/mol. The molecule has 0 fully saturated rings. The zero-order valence-corrected chi connectivity index (χ0v) is 10.4. The van der Waals surface area contributed by atoms with Gasteiger partial charge in [0, 0.05) is 0 Å². The Morgan fingerprint density at radius 1 is 1.35 bits per heavy atom. The Labute approximate surface area is 102 Å². The van der Waals surface area contributed by atoms with Crippen molar-refractivity contribution in [2.45, 2.75) is 32.3 Å². The minimum Gasteiger partial charge on any atom is -0.469 e. The lowest BCUT2D eigenvalue weighted by molar-refractivity contribution is -0.149. The summed E-state index contributed by atoms with van der Waals surface area (Å²) in [6.07, 6.45) is 1.32. The predicted molar refractivity (Wildman–Crippen MR) is 66.6 cm³/mol. The Morgan fingerprint density at radius 3 is 2.53 bits per heavy atom. The van der Waals surface area contributed by atoms with Crippen LogP contribution < -0.4 is 0 Å². The van der Waals surface area contributed by atoms with Crippen molar-refractivity contribution in [1.82, 2.24) is 0 Å². The van der Waals surface area contributed by atoms with E-state index in [4.69, 9.17) is 0 Å². The predicted octanol–water partition coefficient (Wildman–Crippen LogP) is 2.18. The van der Waals surface area contributed by atoms with Gasteiger partial charge in [-0.1, -0.05) is 37.3 Å². The molecule has 3 nitrogen and oxygen atoms in total. The molecule has 0 saturated heterocycles. The SMILES string of the molecule is CCC(C(=O)OC)C(O)CCc1ccccc1. The van der Waals surface area contributed by atoms with Crippen molar-refractivity contribution in [2.75, 3.05) is 7.11 Å². The molecule has 1 N–H and O–H groups in total. The maximum absolute atomic E-state index is 11.4. The van der Waals surface area contributed by atoms with E-state index in [2.05, 4.69) is 4.74 Å². The van der Waals surface area contributed by atoms with Gasteiger partial charge in [0.05, 0.1) is 19.1 Å². The molecule has 0 saturated carbocycles. The van der Waals surface area contributed by atoms with Crippen LogP contribution in [0.5, 0.6) is 0 Å². The van der Waals surface area contributed by atoms with Gasteiger partial charge < -0.3 is 9.84 Å². The number of methoxy groups -OCH3 is 1. The van der Waals surface area contributed by atoms with Gasteiger partial charge in [-0.15, -0.1) is 0 Å². The minimum atomic E-state index is -0.632. The Balaban J connectivity index is 2.48. The Kier molecular flexibility index (Phi) is 5.70. The van der Waals surface area contributed by atoms with Gasteiger partial charge in [-0.25, -0.2) is 0 Å². The fourth-order valence-corrected chi connectivity index (χ4v) is 1.91. The van der Waals surface area contributed by atoms with E-state index < -0.39 is 12.0 Å². The van der Waals surface area contributed by atoms with E-state index in [1.54, 1.807) is 0 Å². The van der Waals surface area contributed by atoms with Crippen molar-refractivity contribution in [3.05, 3.63) is 35.9 Å². The summed E-state index contributed by atoms with van der Waals surface area (Å²) in [7, 11) is 1.36. The summed E-state index contributed by atoms with van der Waals surface area (Å²) in [5.41, 5.74) is 1.17. The first-order valence-electron chi connectivity index (χ1n) is 5.98. The number of carbonyl (C=O) groups is 1. The Hall–Kier alpha value is -1.35. The van der Waals surface area contributed by atoms with Crippen molar-refractivity contribution < 1.29 is 14.6 Å². The topological polar surface area (TPSA) is 46.5 Å². The van der Waals surface area contributed by atoms with Crippen LogP contribution in [0.15, 0.2) is 30.3 Å². The number of hydrogen-bond acceptors (Lipinski definition) is 3. The van der Waals surface area contributed by atoms with Crippen LogP contribution in [0.2, 0.25) is 0 Å². The molecule has 0 bridgehead atoms. The highest BCUT2D eigenvalue weighted by Crippen LogP contribution is 2.16. The maximum atomic E-state index is 11.4. The fraction of sp³-hybridized carbons (Fsp3) is 0.500. The second-order valence-corrected chi connectivity index (χ2v) is 4.13. The van der Waals surface area contributed by atoms with Gasteiger partial charge in [0.25, 0.3) is 0 Å². The van der Waals surface area contributed by atoms with Gasteiger partial charge >= 0.3 is 5.97 Å². The Bertz CT molecular complexity index is 335. The van der Waals surface area contributed by atoms with Gasteiger partial charge in [0.2, 0.25) is 0 Å². The average Bonchev–Trinajstić information content (AvgIpc) is 2.38. The number of benzene rings is 1. The van der Waals surface area contributed by atoms with E-state index in [0.717, 1.165) is 6.42 Å².